The van der Waals surface area contributed by atoms with Crippen LogP contribution in [0.3, 0.4) is 0 Å². The van der Waals surface area contributed by atoms with E-state index in [2.05, 4.69) is 5.32 Å². The van der Waals surface area contributed by atoms with Gasteiger partial charge in [0.2, 0.25) is 0 Å². The highest BCUT2D eigenvalue weighted by Crippen LogP contribution is 2.25. The number of nitrogens with one attached hydrogen (secondary N) is 1. The maximum absolute atomic E-state index is 13.5. The molecule has 0 aliphatic rings. The summed E-state index contributed by atoms with van der Waals surface area (Å²) in [6.07, 6.45) is 0.125. The molecule has 0 aliphatic heterocycles. The minimum atomic E-state index is -0.510. The maximum atomic E-state index is 13.5. The van der Waals surface area contributed by atoms with Crippen LogP contribution in [0.1, 0.15) is 26.3 Å². The SMILES string of the molecule is CC(C)(C)OC(=O)NCCc1cc(F)cc2sccc12. The Kier molecular flexibility index (Phi) is 4.28. The number of rotatable bonds is 3. The lowest BCUT2D eigenvalue weighted by Gasteiger charge is -2.19. The molecule has 0 saturated heterocycles. The van der Waals surface area contributed by atoms with Gasteiger partial charge in [0.15, 0.2) is 0 Å². The van der Waals surface area contributed by atoms with Crippen molar-refractivity contribution < 1.29 is 13.9 Å². The van der Waals surface area contributed by atoms with Crippen molar-refractivity contribution in [2.45, 2.75) is 32.8 Å². The lowest BCUT2D eigenvalue weighted by atomic mass is 10.1. The smallest absolute Gasteiger partial charge is 0.407 e. The molecule has 1 heterocycles. The van der Waals surface area contributed by atoms with Gasteiger partial charge in [-0.1, -0.05) is 0 Å². The van der Waals surface area contributed by atoms with Gasteiger partial charge in [-0.05, 0) is 61.7 Å². The van der Waals surface area contributed by atoms with Gasteiger partial charge in [-0.2, -0.15) is 0 Å². The lowest BCUT2D eigenvalue weighted by Crippen LogP contribution is -2.33. The number of fused-ring (bicyclic) bond motifs is 1. The van der Waals surface area contributed by atoms with Crippen molar-refractivity contribution in [3.63, 3.8) is 0 Å². The van der Waals surface area contributed by atoms with E-state index >= 15 is 0 Å². The van der Waals surface area contributed by atoms with Crippen LogP contribution in [0.5, 0.6) is 0 Å². The molecule has 1 N–H and O–H groups in total. The van der Waals surface area contributed by atoms with E-state index in [0.29, 0.717) is 13.0 Å². The first-order valence-electron chi connectivity index (χ1n) is 6.47. The Bertz CT molecular complexity index is 616. The third-order valence-corrected chi connectivity index (χ3v) is 3.55. The van der Waals surface area contributed by atoms with Gasteiger partial charge >= 0.3 is 6.09 Å². The molecule has 5 heteroatoms. The van der Waals surface area contributed by atoms with Gasteiger partial charge in [-0.25, -0.2) is 9.18 Å². The molecule has 0 bridgehead atoms. The lowest BCUT2D eigenvalue weighted by molar-refractivity contribution is 0.0528. The van der Waals surface area contributed by atoms with Gasteiger partial charge in [0.1, 0.15) is 11.4 Å². The van der Waals surface area contributed by atoms with Crippen LogP contribution in [-0.2, 0) is 11.2 Å². The third-order valence-electron chi connectivity index (χ3n) is 2.68. The molecule has 1 aromatic carbocycles. The third kappa shape index (κ3) is 3.93. The molecular formula is C15H18FNO2S. The predicted octanol–water partition coefficient (Wildman–Crippen LogP) is 4.11. The second-order valence-corrected chi connectivity index (χ2v) is 6.52. The summed E-state index contributed by atoms with van der Waals surface area (Å²) < 4.78 is 19.6. The Morgan fingerprint density at radius 2 is 2.15 bits per heavy atom. The minimum Gasteiger partial charge on any atom is -0.444 e. The van der Waals surface area contributed by atoms with Crippen molar-refractivity contribution in [1.82, 2.24) is 5.32 Å². The van der Waals surface area contributed by atoms with Crippen LogP contribution in [0.25, 0.3) is 10.1 Å². The molecule has 20 heavy (non-hydrogen) atoms. The molecule has 0 spiro atoms. The van der Waals surface area contributed by atoms with Crippen LogP contribution in [0.4, 0.5) is 9.18 Å². The fourth-order valence-corrected chi connectivity index (χ4v) is 2.79. The van der Waals surface area contributed by atoms with E-state index in [1.807, 2.05) is 32.2 Å². The molecule has 3 nitrogen and oxygen atoms in total. The summed E-state index contributed by atoms with van der Waals surface area (Å²) in [5.41, 5.74) is 0.390. The average Bonchev–Trinajstić information content (AvgIpc) is 2.74. The van der Waals surface area contributed by atoms with Crippen molar-refractivity contribution in [2.24, 2.45) is 0 Å². The van der Waals surface area contributed by atoms with Crippen LogP contribution < -0.4 is 5.32 Å². The molecule has 0 aliphatic carbocycles. The van der Waals surface area contributed by atoms with Crippen molar-refractivity contribution in [1.29, 1.82) is 0 Å². The number of benzene rings is 1. The number of hydrogen-bond donors (Lipinski definition) is 1. The normalized spacial score (nSPS) is 11.6. The number of alkyl carbamates (subject to hydrolysis) is 1. The molecule has 0 unspecified atom stereocenters. The number of halogens is 1. The van der Waals surface area contributed by atoms with Crippen molar-refractivity contribution in [2.75, 3.05) is 6.54 Å². The van der Waals surface area contributed by atoms with E-state index in [-0.39, 0.29) is 5.82 Å². The fraction of sp³-hybridized carbons (Fsp3) is 0.400. The predicted molar refractivity (Wildman–Crippen MR) is 79.7 cm³/mol. The van der Waals surface area contributed by atoms with Crippen LogP contribution in [-0.4, -0.2) is 18.2 Å². The Labute approximate surface area is 121 Å². The second-order valence-electron chi connectivity index (χ2n) is 5.58. The Morgan fingerprint density at radius 3 is 2.85 bits per heavy atom. The quantitative estimate of drug-likeness (QED) is 0.925. The summed E-state index contributed by atoms with van der Waals surface area (Å²) in [7, 11) is 0. The zero-order valence-corrected chi connectivity index (χ0v) is 12.6. The molecule has 0 fully saturated rings. The summed E-state index contributed by atoms with van der Waals surface area (Å²) in [4.78, 5) is 11.5. The van der Waals surface area contributed by atoms with Crippen LogP contribution >= 0.6 is 11.3 Å². The van der Waals surface area contributed by atoms with Crippen LogP contribution in [0.15, 0.2) is 23.6 Å². The Morgan fingerprint density at radius 1 is 1.40 bits per heavy atom. The molecule has 2 rings (SSSR count). The van der Waals surface area contributed by atoms with Crippen LogP contribution in [0.2, 0.25) is 0 Å². The number of thiophene rings is 1. The first-order valence-corrected chi connectivity index (χ1v) is 7.35. The maximum Gasteiger partial charge on any atom is 0.407 e. The van der Waals surface area contributed by atoms with Gasteiger partial charge < -0.3 is 10.1 Å². The van der Waals surface area contributed by atoms with Gasteiger partial charge in [0.25, 0.3) is 0 Å². The van der Waals surface area contributed by atoms with Gasteiger partial charge in [-0.3, -0.25) is 0 Å². The first-order chi connectivity index (χ1) is 9.35. The van der Waals surface area contributed by atoms with E-state index in [1.165, 1.54) is 23.5 Å². The molecule has 1 aromatic heterocycles. The highest BCUT2D eigenvalue weighted by molar-refractivity contribution is 7.17. The standard InChI is InChI=1S/C15H18FNO2S/c1-15(2,3)19-14(18)17-6-4-10-8-11(16)9-13-12(10)5-7-20-13/h5,7-9H,4,6H2,1-3H3,(H,17,18). The van der Waals surface area contributed by atoms with E-state index < -0.39 is 11.7 Å². The summed E-state index contributed by atoms with van der Waals surface area (Å²) in [6.45, 7) is 5.86. The highest BCUT2D eigenvalue weighted by Gasteiger charge is 2.15. The second kappa shape index (κ2) is 5.79. The summed E-state index contributed by atoms with van der Waals surface area (Å²) >= 11 is 1.51. The molecule has 2 aromatic rings. The van der Waals surface area contributed by atoms with E-state index in [1.54, 1.807) is 0 Å². The fourth-order valence-electron chi connectivity index (χ4n) is 1.93. The highest BCUT2D eigenvalue weighted by atomic mass is 32.1. The van der Waals surface area contributed by atoms with Crippen molar-refractivity contribution in [3.8, 4) is 0 Å². The van der Waals surface area contributed by atoms with Gasteiger partial charge in [-0.15, -0.1) is 11.3 Å². The van der Waals surface area contributed by atoms with E-state index in [0.717, 1.165) is 15.6 Å². The molecular weight excluding hydrogens is 277 g/mol. The molecule has 1 amide bonds. The zero-order chi connectivity index (χ0) is 14.8. The molecule has 0 atom stereocenters. The number of carbonyl (C=O) groups excluding carboxylic acids is 1. The topological polar surface area (TPSA) is 38.3 Å². The van der Waals surface area contributed by atoms with Gasteiger partial charge in [0, 0.05) is 11.2 Å². The number of hydrogen-bond acceptors (Lipinski definition) is 3. The molecule has 108 valence electrons. The molecule has 0 radical (unpaired) electrons. The molecule has 0 saturated carbocycles. The largest absolute Gasteiger partial charge is 0.444 e. The Balaban J connectivity index is 1.96. The van der Waals surface area contributed by atoms with E-state index in [9.17, 15) is 9.18 Å². The number of carbonyl (C=O) groups is 1. The summed E-state index contributed by atoms with van der Waals surface area (Å²) in [6, 6.07) is 5.03. The average molecular weight is 295 g/mol. The first kappa shape index (κ1) is 14.8. The monoisotopic (exact) mass is 295 g/mol. The summed E-state index contributed by atoms with van der Waals surface area (Å²) in [5.74, 6) is -0.243. The van der Waals surface area contributed by atoms with Crippen LogP contribution in [0, 0.1) is 5.82 Å². The van der Waals surface area contributed by atoms with Crippen molar-refractivity contribution in [3.05, 3.63) is 35.0 Å². The number of ether oxygens (including phenoxy) is 1. The number of amides is 1. The van der Waals surface area contributed by atoms with Crippen molar-refractivity contribution >= 4 is 27.5 Å². The van der Waals surface area contributed by atoms with Gasteiger partial charge in [0.05, 0.1) is 0 Å². The minimum absolute atomic E-state index is 0.243. The Hall–Kier alpha value is -1.62. The summed E-state index contributed by atoms with van der Waals surface area (Å²) in [5, 5.41) is 5.67. The van der Waals surface area contributed by atoms with E-state index in [4.69, 9.17) is 4.74 Å². The zero-order valence-electron chi connectivity index (χ0n) is 11.8.